The van der Waals surface area contributed by atoms with E-state index in [4.69, 9.17) is 0 Å². The van der Waals surface area contributed by atoms with Gasteiger partial charge in [0.1, 0.15) is 5.69 Å². The van der Waals surface area contributed by atoms with Crippen molar-refractivity contribution in [1.29, 1.82) is 0 Å². The number of benzene rings is 2. The molecule has 3 saturated heterocycles. The molecule has 1 atom stereocenters. The number of aromatic amines is 1. The minimum Gasteiger partial charge on any atom is -0.303 e. The maximum Gasteiger partial charge on any atom is 0.184 e. The molecule has 4 heteroatoms. The summed E-state index contributed by atoms with van der Waals surface area (Å²) in [6.07, 6.45) is 3.12. The van der Waals surface area contributed by atoms with Crippen molar-refractivity contribution in [2.75, 3.05) is 19.6 Å². The summed E-state index contributed by atoms with van der Waals surface area (Å²) in [5, 5.41) is 8.35. The summed E-state index contributed by atoms with van der Waals surface area (Å²) in [6, 6.07) is 16.5. The SMILES string of the molecule is O=C(C[C@@H]1CN2CCC1CC2)c1n[nH]c2ccc(-c3ccccc3)cc12. The smallest absolute Gasteiger partial charge is 0.184 e. The fraction of sp³-hybridized carbons (Fsp3) is 0.364. The van der Waals surface area contributed by atoms with Gasteiger partial charge in [0.25, 0.3) is 0 Å². The first-order chi connectivity index (χ1) is 12.8. The van der Waals surface area contributed by atoms with Crippen LogP contribution in [0.2, 0.25) is 0 Å². The second-order valence-electron chi connectivity index (χ2n) is 7.72. The van der Waals surface area contributed by atoms with Gasteiger partial charge in [-0.2, -0.15) is 5.10 Å². The Bertz CT molecular complexity index is 938. The normalized spacial score (nSPS) is 24.8. The average Bonchev–Trinajstić information content (AvgIpc) is 3.13. The maximum atomic E-state index is 13.0. The van der Waals surface area contributed by atoms with E-state index in [1.165, 1.54) is 25.9 Å². The predicted octanol–water partition coefficient (Wildman–Crippen LogP) is 4.14. The molecule has 0 saturated carbocycles. The van der Waals surface area contributed by atoms with Gasteiger partial charge in [-0.3, -0.25) is 9.89 Å². The van der Waals surface area contributed by atoms with Crippen LogP contribution in [0.1, 0.15) is 29.8 Å². The van der Waals surface area contributed by atoms with Crippen molar-refractivity contribution in [2.24, 2.45) is 11.8 Å². The van der Waals surface area contributed by atoms with Crippen molar-refractivity contribution in [1.82, 2.24) is 15.1 Å². The van der Waals surface area contributed by atoms with Gasteiger partial charge in [-0.1, -0.05) is 36.4 Å². The fourth-order valence-electron chi connectivity index (χ4n) is 4.69. The monoisotopic (exact) mass is 345 g/mol. The number of ketones is 1. The Morgan fingerprint density at radius 2 is 1.88 bits per heavy atom. The Labute approximate surface area is 153 Å². The molecule has 0 spiro atoms. The predicted molar refractivity (Wildman–Crippen MR) is 103 cm³/mol. The number of fused-ring (bicyclic) bond motifs is 4. The van der Waals surface area contributed by atoms with E-state index in [1.807, 2.05) is 24.3 Å². The van der Waals surface area contributed by atoms with Crippen LogP contribution in [0.15, 0.2) is 48.5 Å². The van der Waals surface area contributed by atoms with Crippen molar-refractivity contribution in [2.45, 2.75) is 19.3 Å². The largest absolute Gasteiger partial charge is 0.303 e. The van der Waals surface area contributed by atoms with E-state index in [1.54, 1.807) is 0 Å². The Morgan fingerprint density at radius 3 is 2.62 bits per heavy atom. The van der Waals surface area contributed by atoms with Crippen molar-refractivity contribution in [3.63, 3.8) is 0 Å². The molecule has 0 unspecified atom stereocenters. The van der Waals surface area contributed by atoms with E-state index in [9.17, 15) is 4.79 Å². The summed E-state index contributed by atoms with van der Waals surface area (Å²) in [4.78, 5) is 15.5. The molecule has 2 bridgehead atoms. The Hall–Kier alpha value is -2.46. The molecule has 26 heavy (non-hydrogen) atoms. The van der Waals surface area contributed by atoms with Gasteiger partial charge in [-0.15, -0.1) is 0 Å². The molecule has 3 aliphatic rings. The maximum absolute atomic E-state index is 13.0. The molecule has 0 radical (unpaired) electrons. The van der Waals surface area contributed by atoms with E-state index in [0.717, 1.165) is 28.6 Å². The fourth-order valence-corrected chi connectivity index (χ4v) is 4.69. The molecule has 132 valence electrons. The third-order valence-corrected chi connectivity index (χ3v) is 6.17. The first kappa shape index (κ1) is 15.8. The molecule has 0 amide bonds. The number of piperidine rings is 3. The first-order valence-corrected chi connectivity index (χ1v) is 9.57. The molecular formula is C22H23N3O. The highest BCUT2D eigenvalue weighted by atomic mass is 16.1. The van der Waals surface area contributed by atoms with Crippen LogP contribution in [0.25, 0.3) is 22.0 Å². The highest BCUT2D eigenvalue weighted by Gasteiger charge is 2.35. The lowest BCUT2D eigenvalue weighted by molar-refractivity contribution is 0.0440. The van der Waals surface area contributed by atoms with Gasteiger partial charge in [0.05, 0.1) is 5.52 Å². The van der Waals surface area contributed by atoms with Crippen molar-refractivity contribution < 1.29 is 4.79 Å². The molecule has 3 aliphatic heterocycles. The van der Waals surface area contributed by atoms with E-state index in [2.05, 4.69) is 39.4 Å². The zero-order valence-electron chi connectivity index (χ0n) is 14.8. The first-order valence-electron chi connectivity index (χ1n) is 9.57. The molecular weight excluding hydrogens is 322 g/mol. The molecule has 3 aromatic rings. The summed E-state index contributed by atoms with van der Waals surface area (Å²) in [5.41, 5.74) is 3.82. The molecule has 3 fully saturated rings. The van der Waals surface area contributed by atoms with Crippen LogP contribution in [-0.2, 0) is 0 Å². The van der Waals surface area contributed by atoms with Crippen LogP contribution in [0, 0.1) is 11.8 Å². The van der Waals surface area contributed by atoms with Gasteiger partial charge in [-0.05, 0) is 61.0 Å². The Balaban J connectivity index is 1.44. The van der Waals surface area contributed by atoms with Crippen molar-refractivity contribution >= 4 is 16.7 Å². The number of Topliss-reactive ketones (excluding diaryl/α,β-unsaturated/α-hetero) is 1. The second kappa shape index (κ2) is 6.36. The number of nitrogens with zero attached hydrogens (tertiary/aromatic N) is 2. The summed E-state index contributed by atoms with van der Waals surface area (Å²) in [7, 11) is 0. The van der Waals surface area contributed by atoms with E-state index >= 15 is 0 Å². The van der Waals surface area contributed by atoms with Crippen molar-refractivity contribution in [3.05, 3.63) is 54.2 Å². The summed E-state index contributed by atoms with van der Waals surface area (Å²) in [5.74, 6) is 1.39. The van der Waals surface area contributed by atoms with Gasteiger partial charge in [0.15, 0.2) is 5.78 Å². The van der Waals surface area contributed by atoms with Gasteiger partial charge in [-0.25, -0.2) is 0 Å². The quantitative estimate of drug-likeness (QED) is 0.723. The Morgan fingerprint density at radius 1 is 1.08 bits per heavy atom. The highest BCUT2D eigenvalue weighted by Crippen LogP contribution is 2.35. The lowest BCUT2D eigenvalue weighted by Gasteiger charge is -2.44. The van der Waals surface area contributed by atoms with Crippen molar-refractivity contribution in [3.8, 4) is 11.1 Å². The molecule has 1 aromatic heterocycles. The average molecular weight is 345 g/mol. The number of hydrogen-bond acceptors (Lipinski definition) is 3. The zero-order chi connectivity index (χ0) is 17.5. The van der Waals surface area contributed by atoms with Gasteiger partial charge >= 0.3 is 0 Å². The lowest BCUT2D eigenvalue weighted by atomic mass is 9.76. The van der Waals surface area contributed by atoms with Gasteiger partial charge < -0.3 is 4.90 Å². The lowest BCUT2D eigenvalue weighted by Crippen LogP contribution is -2.47. The third-order valence-electron chi connectivity index (χ3n) is 6.17. The topological polar surface area (TPSA) is 49.0 Å². The van der Waals surface area contributed by atoms with Gasteiger partial charge in [0.2, 0.25) is 0 Å². The number of hydrogen-bond donors (Lipinski definition) is 1. The molecule has 0 aliphatic carbocycles. The van der Waals surface area contributed by atoms with Crippen LogP contribution in [-0.4, -0.2) is 40.5 Å². The molecule has 1 N–H and O–H groups in total. The molecule has 4 nitrogen and oxygen atoms in total. The number of nitrogens with one attached hydrogen (secondary N) is 1. The Kier molecular flexibility index (Phi) is 3.86. The number of carbonyl (C=O) groups excluding carboxylic acids is 1. The summed E-state index contributed by atoms with van der Waals surface area (Å²) in [6.45, 7) is 3.50. The van der Waals surface area contributed by atoms with Crippen LogP contribution in [0.4, 0.5) is 0 Å². The van der Waals surface area contributed by atoms with Crippen LogP contribution in [0.5, 0.6) is 0 Å². The van der Waals surface area contributed by atoms with E-state index in [-0.39, 0.29) is 5.78 Å². The summed E-state index contributed by atoms with van der Waals surface area (Å²) < 4.78 is 0. The standard InChI is InChI=1S/C22H23N3O/c26-21(13-18-14-25-10-8-16(18)9-11-25)22-19-12-17(6-7-20(19)23-24-22)15-4-2-1-3-5-15/h1-7,12,16,18H,8-11,13-14H2,(H,23,24)/t18-/m1/s1. The van der Waals surface area contributed by atoms with E-state index < -0.39 is 0 Å². The van der Waals surface area contributed by atoms with Crippen LogP contribution < -0.4 is 0 Å². The number of carbonyl (C=O) groups is 1. The zero-order valence-corrected chi connectivity index (χ0v) is 14.8. The third kappa shape index (κ3) is 2.74. The molecule has 4 heterocycles. The van der Waals surface area contributed by atoms with Gasteiger partial charge in [0, 0.05) is 18.4 Å². The second-order valence-corrected chi connectivity index (χ2v) is 7.72. The minimum absolute atomic E-state index is 0.181. The van der Waals surface area contributed by atoms with E-state index in [0.29, 0.717) is 24.0 Å². The number of aromatic nitrogens is 2. The molecule has 6 rings (SSSR count). The van der Waals surface area contributed by atoms with Crippen LogP contribution in [0.3, 0.4) is 0 Å². The number of H-pyrrole nitrogens is 1. The molecule has 2 aromatic carbocycles. The number of rotatable bonds is 4. The van der Waals surface area contributed by atoms with Crippen LogP contribution >= 0.6 is 0 Å². The summed E-state index contributed by atoms with van der Waals surface area (Å²) >= 11 is 0. The highest BCUT2D eigenvalue weighted by molar-refractivity contribution is 6.06. The minimum atomic E-state index is 0.181.